The van der Waals surface area contributed by atoms with Gasteiger partial charge in [-0.3, -0.25) is 14.2 Å². The van der Waals surface area contributed by atoms with Crippen LogP contribution in [0, 0.1) is 5.82 Å². The van der Waals surface area contributed by atoms with Crippen molar-refractivity contribution in [2.24, 2.45) is 4.99 Å². The van der Waals surface area contributed by atoms with E-state index in [0.29, 0.717) is 37.9 Å². The van der Waals surface area contributed by atoms with Crippen LogP contribution in [0.2, 0.25) is 0 Å². The van der Waals surface area contributed by atoms with E-state index in [0.717, 1.165) is 27.5 Å². The van der Waals surface area contributed by atoms with Crippen LogP contribution in [0.5, 0.6) is 17.2 Å². The number of fused-ring (bicyclic) bond motifs is 2. The van der Waals surface area contributed by atoms with Gasteiger partial charge in [0.2, 0.25) is 0 Å². The minimum atomic E-state index is -0.719. The number of ketones is 1. The van der Waals surface area contributed by atoms with Gasteiger partial charge in [-0.1, -0.05) is 59.9 Å². The Morgan fingerprint density at radius 3 is 2.43 bits per heavy atom. The van der Waals surface area contributed by atoms with Crippen LogP contribution in [0.4, 0.5) is 4.39 Å². The Bertz CT molecular complexity index is 2130. The number of carbonyl (C=O) groups is 1. The Hall–Kier alpha value is -5.02. The molecule has 5 aromatic rings. The molecular formula is C35H29FN2O5S. The Kier molecular flexibility index (Phi) is 7.88. The summed E-state index contributed by atoms with van der Waals surface area (Å²) in [6, 6.07) is 22.4. The van der Waals surface area contributed by atoms with E-state index >= 15 is 0 Å². The van der Waals surface area contributed by atoms with E-state index in [4.69, 9.17) is 19.2 Å². The van der Waals surface area contributed by atoms with Crippen molar-refractivity contribution in [3.8, 4) is 17.2 Å². The average molecular weight is 609 g/mol. The van der Waals surface area contributed by atoms with Crippen LogP contribution in [0.15, 0.2) is 99.9 Å². The van der Waals surface area contributed by atoms with E-state index in [1.54, 1.807) is 56.1 Å². The van der Waals surface area contributed by atoms with Gasteiger partial charge >= 0.3 is 0 Å². The highest BCUT2D eigenvalue weighted by atomic mass is 32.1. The summed E-state index contributed by atoms with van der Waals surface area (Å²) in [5, 5.41) is 1.86. The van der Waals surface area contributed by atoms with Gasteiger partial charge in [-0.15, -0.1) is 0 Å². The predicted molar refractivity (Wildman–Crippen MR) is 169 cm³/mol. The molecule has 0 spiro atoms. The Morgan fingerprint density at radius 1 is 0.977 bits per heavy atom. The normalized spacial score (nSPS) is 14.8. The summed E-state index contributed by atoms with van der Waals surface area (Å²) in [5.41, 5.74) is 3.02. The number of thiazole rings is 1. The first-order chi connectivity index (χ1) is 21.3. The number of carbonyl (C=O) groups excluding carboxylic acids is 1. The summed E-state index contributed by atoms with van der Waals surface area (Å²) in [5.74, 6) is 1.11. The van der Waals surface area contributed by atoms with Crippen molar-refractivity contribution in [2.45, 2.75) is 26.5 Å². The van der Waals surface area contributed by atoms with Crippen LogP contribution in [0.3, 0.4) is 0 Å². The molecule has 0 radical (unpaired) electrons. The minimum absolute atomic E-state index is 0.165. The smallest absolute Gasteiger partial charge is 0.271 e. The first kappa shape index (κ1) is 29.1. The van der Waals surface area contributed by atoms with E-state index in [1.165, 1.54) is 30.4 Å². The van der Waals surface area contributed by atoms with Crippen molar-refractivity contribution in [3.05, 3.63) is 132 Å². The fourth-order valence-corrected chi connectivity index (χ4v) is 6.61. The number of ether oxygens (including phenoxy) is 3. The number of methoxy groups -OCH3 is 2. The summed E-state index contributed by atoms with van der Waals surface area (Å²) >= 11 is 1.26. The zero-order valence-electron chi connectivity index (χ0n) is 24.6. The maximum Gasteiger partial charge on any atom is 0.271 e. The molecule has 1 aliphatic rings. The second-order valence-corrected chi connectivity index (χ2v) is 11.4. The quantitative estimate of drug-likeness (QED) is 0.226. The van der Waals surface area contributed by atoms with E-state index in [1.807, 2.05) is 42.5 Å². The van der Waals surface area contributed by atoms with Gasteiger partial charge in [0.15, 0.2) is 22.1 Å². The van der Waals surface area contributed by atoms with Gasteiger partial charge in [0.1, 0.15) is 18.2 Å². The number of hydrogen-bond acceptors (Lipinski definition) is 7. The van der Waals surface area contributed by atoms with Crippen molar-refractivity contribution in [1.29, 1.82) is 0 Å². The van der Waals surface area contributed by atoms with Gasteiger partial charge < -0.3 is 14.2 Å². The molecule has 0 saturated carbocycles. The molecule has 0 aliphatic carbocycles. The van der Waals surface area contributed by atoms with Crippen LogP contribution >= 0.6 is 11.3 Å². The second-order valence-electron chi connectivity index (χ2n) is 10.4. The summed E-state index contributed by atoms with van der Waals surface area (Å²) in [6.07, 6.45) is 1.78. The van der Waals surface area contributed by atoms with Crippen molar-refractivity contribution in [1.82, 2.24) is 4.57 Å². The fourth-order valence-electron chi connectivity index (χ4n) is 5.57. The molecule has 0 fully saturated rings. The average Bonchev–Trinajstić information content (AvgIpc) is 3.33. The molecule has 222 valence electrons. The lowest BCUT2D eigenvalue weighted by molar-refractivity contribution is -0.114. The lowest BCUT2D eigenvalue weighted by atomic mass is 9.89. The molecule has 0 N–H and O–H groups in total. The van der Waals surface area contributed by atoms with E-state index in [9.17, 15) is 14.0 Å². The lowest BCUT2D eigenvalue weighted by Gasteiger charge is -2.27. The number of benzene rings is 4. The highest BCUT2D eigenvalue weighted by Gasteiger charge is 2.33. The third-order valence-electron chi connectivity index (χ3n) is 7.62. The minimum Gasteiger partial charge on any atom is -0.496 e. The number of hydrogen-bond donors (Lipinski definition) is 0. The number of halogens is 1. The van der Waals surface area contributed by atoms with Crippen molar-refractivity contribution < 1.29 is 23.4 Å². The van der Waals surface area contributed by atoms with E-state index in [2.05, 4.69) is 0 Å². The number of aromatic nitrogens is 1. The van der Waals surface area contributed by atoms with Crippen molar-refractivity contribution >= 4 is 34.0 Å². The number of rotatable bonds is 8. The zero-order valence-corrected chi connectivity index (χ0v) is 25.4. The maximum absolute atomic E-state index is 14.1. The molecular weight excluding hydrogens is 579 g/mol. The molecule has 1 aromatic heterocycles. The molecule has 6 rings (SSSR count). The molecule has 7 nitrogen and oxygen atoms in total. The van der Waals surface area contributed by atoms with Gasteiger partial charge in [0, 0.05) is 16.8 Å². The second kappa shape index (κ2) is 11.9. The molecule has 0 amide bonds. The van der Waals surface area contributed by atoms with E-state index < -0.39 is 6.04 Å². The number of nitrogens with zero attached hydrogens (tertiary/aromatic N) is 2. The molecule has 0 bridgehead atoms. The maximum atomic E-state index is 14.1. The third kappa shape index (κ3) is 5.31. The molecule has 4 aromatic carbocycles. The first-order valence-corrected chi connectivity index (χ1v) is 14.7. The van der Waals surface area contributed by atoms with Crippen molar-refractivity contribution in [3.63, 3.8) is 0 Å². The van der Waals surface area contributed by atoms with Crippen LogP contribution in [0.1, 0.15) is 36.6 Å². The first-order valence-electron chi connectivity index (χ1n) is 13.9. The Labute approximate surface area is 256 Å². The van der Waals surface area contributed by atoms with Crippen LogP contribution in [-0.2, 0) is 11.4 Å². The van der Waals surface area contributed by atoms with Crippen LogP contribution in [-0.4, -0.2) is 24.6 Å². The molecule has 1 unspecified atom stereocenters. The third-order valence-corrected chi connectivity index (χ3v) is 8.60. The molecule has 44 heavy (non-hydrogen) atoms. The van der Waals surface area contributed by atoms with Crippen LogP contribution < -0.4 is 29.1 Å². The van der Waals surface area contributed by atoms with Crippen LogP contribution in [0.25, 0.3) is 16.8 Å². The van der Waals surface area contributed by atoms with Gasteiger partial charge in [-0.25, -0.2) is 9.38 Å². The molecule has 2 heterocycles. The Balaban J connectivity index is 1.46. The summed E-state index contributed by atoms with van der Waals surface area (Å²) in [4.78, 5) is 32.4. The highest BCUT2D eigenvalue weighted by molar-refractivity contribution is 7.07. The highest BCUT2D eigenvalue weighted by Crippen LogP contribution is 2.40. The predicted octanol–water partition coefficient (Wildman–Crippen LogP) is 5.71. The number of Topliss-reactive ketones (excluding diaryl/α,β-unsaturated/α-hetero) is 1. The topological polar surface area (TPSA) is 79.1 Å². The largest absolute Gasteiger partial charge is 0.496 e. The summed E-state index contributed by atoms with van der Waals surface area (Å²) < 4.78 is 32.6. The summed E-state index contributed by atoms with van der Waals surface area (Å²) in [6.45, 7) is 3.54. The van der Waals surface area contributed by atoms with Gasteiger partial charge in [0.05, 0.1) is 24.8 Å². The molecule has 1 aliphatic heterocycles. The van der Waals surface area contributed by atoms with E-state index in [-0.39, 0.29) is 23.8 Å². The molecule has 1 atom stereocenters. The number of allylic oxidation sites excluding steroid dienone is 2. The van der Waals surface area contributed by atoms with Gasteiger partial charge in [-0.2, -0.15) is 0 Å². The van der Waals surface area contributed by atoms with Gasteiger partial charge in [0.25, 0.3) is 5.56 Å². The fraction of sp³-hybridized carbons (Fsp3) is 0.171. The Morgan fingerprint density at radius 2 is 1.70 bits per heavy atom. The monoisotopic (exact) mass is 608 g/mol. The molecule has 0 saturated heterocycles. The molecule has 9 heteroatoms. The zero-order chi connectivity index (χ0) is 31.0. The van der Waals surface area contributed by atoms with Crippen molar-refractivity contribution in [2.75, 3.05) is 14.2 Å². The lowest BCUT2D eigenvalue weighted by Crippen LogP contribution is -2.39. The summed E-state index contributed by atoms with van der Waals surface area (Å²) in [7, 11) is 3.13. The standard InChI is InChI=1S/C35H29FN2O5S/c1-20-31(21(2)39)33(32-26-8-6-5-7-24(26)12-16-28(32)41-3)38-34(40)30(44-35(38)37-20)18-23-11-15-27(29(17-23)42-4)43-19-22-9-13-25(36)14-10-22/h5-18,33H,19H2,1-4H3. The SMILES string of the molecule is COc1cc(C=c2sc3n(c2=O)C(c2c(OC)ccc4ccccc24)C(C(C)=O)=C(C)N=3)ccc1OCc1ccc(F)cc1. The van der Waals surface area contributed by atoms with Gasteiger partial charge in [-0.05, 0) is 72.2 Å².